The molecule has 1 aromatic heterocycles. The van der Waals surface area contributed by atoms with Crippen molar-refractivity contribution < 1.29 is 14.3 Å². The van der Waals surface area contributed by atoms with Crippen LogP contribution >= 0.6 is 0 Å². The molecule has 2 aromatic rings. The molecule has 0 fully saturated rings. The van der Waals surface area contributed by atoms with Crippen LogP contribution in [0.2, 0.25) is 0 Å². The predicted octanol–water partition coefficient (Wildman–Crippen LogP) is 1.75. The van der Waals surface area contributed by atoms with Crippen molar-refractivity contribution in [3.05, 3.63) is 44.9 Å². The number of H-pyrrole nitrogens is 1. The third-order valence-corrected chi connectivity index (χ3v) is 4.34. The highest BCUT2D eigenvalue weighted by molar-refractivity contribution is 5.94. The topological polar surface area (TPSA) is 130 Å². The molecule has 1 aliphatic rings. The second-order valence-corrected chi connectivity index (χ2v) is 6.01. The number of rotatable bonds is 4. The molecule has 0 radical (unpaired) electrons. The number of benzene rings is 1. The van der Waals surface area contributed by atoms with Gasteiger partial charge >= 0.3 is 0 Å². The molecule has 0 atom stereocenters. The first-order valence-electron chi connectivity index (χ1n) is 8.02. The van der Waals surface area contributed by atoms with Gasteiger partial charge in [0.2, 0.25) is 12.7 Å². The Kier molecular flexibility index (Phi) is 4.54. The Morgan fingerprint density at radius 3 is 2.73 bits per heavy atom. The monoisotopic (exact) mass is 354 g/mol. The molecule has 0 aliphatic carbocycles. The van der Waals surface area contributed by atoms with Crippen LogP contribution in [-0.2, 0) is 11.2 Å². The Bertz CT molecular complexity index is 988. The second kappa shape index (κ2) is 6.80. The summed E-state index contributed by atoms with van der Waals surface area (Å²) in [4.78, 5) is 26.7. The molecular formula is C18H18N4O4. The number of carbonyl (C=O) groups is 1. The van der Waals surface area contributed by atoms with Gasteiger partial charge in [0.05, 0.1) is 11.4 Å². The highest BCUT2D eigenvalue weighted by Gasteiger charge is 2.18. The van der Waals surface area contributed by atoms with E-state index in [4.69, 9.17) is 20.5 Å². The summed E-state index contributed by atoms with van der Waals surface area (Å²) in [6.07, 6.45) is 0.561. The van der Waals surface area contributed by atoms with Gasteiger partial charge < -0.3 is 25.5 Å². The second-order valence-electron chi connectivity index (χ2n) is 6.01. The minimum absolute atomic E-state index is 0.0750. The van der Waals surface area contributed by atoms with Gasteiger partial charge in [0.25, 0.3) is 5.56 Å². The Hall–Kier alpha value is -3.47. The summed E-state index contributed by atoms with van der Waals surface area (Å²) in [5.74, 6) is 0.837. The highest BCUT2D eigenvalue weighted by atomic mass is 16.7. The van der Waals surface area contributed by atoms with Crippen LogP contribution in [-0.4, -0.2) is 17.7 Å². The Balaban J connectivity index is 1.73. The molecule has 0 saturated carbocycles. The standard InChI is InChI=1S/C18H18N4O4/c1-9-11(10(2)21-18(24)12(9)7-19)3-4-17(23)22-14-6-16-15(5-13(14)20)25-8-26-16/h5-6H,3-4,8,20H2,1-2H3,(H,21,24)(H,22,23). The number of ether oxygens (including phenoxy) is 2. The lowest BCUT2D eigenvalue weighted by molar-refractivity contribution is -0.116. The minimum Gasteiger partial charge on any atom is -0.454 e. The third kappa shape index (κ3) is 3.19. The Morgan fingerprint density at radius 1 is 1.35 bits per heavy atom. The number of aromatic amines is 1. The van der Waals surface area contributed by atoms with E-state index in [-0.39, 0.29) is 24.7 Å². The maximum absolute atomic E-state index is 12.3. The van der Waals surface area contributed by atoms with Gasteiger partial charge in [-0.15, -0.1) is 0 Å². The number of fused-ring (bicyclic) bond motifs is 1. The Labute approximate surface area is 149 Å². The van der Waals surface area contributed by atoms with Crippen molar-refractivity contribution in [3.63, 3.8) is 0 Å². The zero-order valence-corrected chi connectivity index (χ0v) is 14.4. The molecule has 1 amide bonds. The van der Waals surface area contributed by atoms with Gasteiger partial charge in [0.15, 0.2) is 11.5 Å². The van der Waals surface area contributed by atoms with Crippen molar-refractivity contribution in [1.29, 1.82) is 5.26 Å². The molecule has 2 heterocycles. The van der Waals surface area contributed by atoms with Crippen molar-refractivity contribution in [2.24, 2.45) is 0 Å². The summed E-state index contributed by atoms with van der Waals surface area (Å²) in [7, 11) is 0. The van der Waals surface area contributed by atoms with Gasteiger partial charge in [-0.2, -0.15) is 5.26 Å². The molecule has 4 N–H and O–H groups in total. The molecular weight excluding hydrogens is 336 g/mol. The molecule has 1 aliphatic heterocycles. The maximum Gasteiger partial charge on any atom is 0.266 e. The summed E-state index contributed by atoms with van der Waals surface area (Å²) in [5, 5.41) is 11.9. The number of nitrogens with two attached hydrogens (primary N) is 1. The maximum atomic E-state index is 12.3. The number of nitrogens with zero attached hydrogens (tertiary/aromatic N) is 1. The molecule has 8 heteroatoms. The summed E-state index contributed by atoms with van der Waals surface area (Å²) in [6.45, 7) is 3.58. The SMILES string of the molecule is Cc1[nH]c(=O)c(C#N)c(C)c1CCC(=O)Nc1cc2c(cc1N)OCO2. The van der Waals surface area contributed by atoms with Crippen LogP contribution in [0.3, 0.4) is 0 Å². The summed E-state index contributed by atoms with van der Waals surface area (Å²) in [5.41, 5.74) is 8.46. The highest BCUT2D eigenvalue weighted by Crippen LogP contribution is 2.38. The van der Waals surface area contributed by atoms with E-state index in [2.05, 4.69) is 10.3 Å². The largest absolute Gasteiger partial charge is 0.454 e. The van der Waals surface area contributed by atoms with Crippen LogP contribution < -0.4 is 26.1 Å². The number of pyridine rings is 1. The first kappa shape index (κ1) is 17.4. The summed E-state index contributed by atoms with van der Waals surface area (Å²) in [6, 6.07) is 5.13. The van der Waals surface area contributed by atoms with E-state index >= 15 is 0 Å². The lowest BCUT2D eigenvalue weighted by Crippen LogP contribution is -2.18. The summed E-state index contributed by atoms with van der Waals surface area (Å²) >= 11 is 0. The zero-order chi connectivity index (χ0) is 18.8. The number of aromatic nitrogens is 1. The van der Waals surface area contributed by atoms with Crippen LogP contribution in [0.15, 0.2) is 16.9 Å². The van der Waals surface area contributed by atoms with Crippen molar-refractivity contribution >= 4 is 17.3 Å². The number of amides is 1. The van der Waals surface area contributed by atoms with E-state index in [0.29, 0.717) is 40.6 Å². The molecule has 3 rings (SSSR count). The van der Waals surface area contributed by atoms with Gasteiger partial charge in [0, 0.05) is 24.2 Å². The number of aryl methyl sites for hydroxylation is 1. The van der Waals surface area contributed by atoms with Crippen LogP contribution in [0.5, 0.6) is 11.5 Å². The van der Waals surface area contributed by atoms with Crippen LogP contribution in [0.1, 0.15) is 28.8 Å². The van der Waals surface area contributed by atoms with Crippen LogP contribution in [0.4, 0.5) is 11.4 Å². The number of carbonyl (C=O) groups excluding carboxylic acids is 1. The average Bonchev–Trinajstić information content (AvgIpc) is 3.02. The van der Waals surface area contributed by atoms with Crippen LogP contribution in [0, 0.1) is 25.2 Å². The van der Waals surface area contributed by atoms with E-state index < -0.39 is 5.56 Å². The van der Waals surface area contributed by atoms with E-state index in [9.17, 15) is 9.59 Å². The number of anilines is 2. The average molecular weight is 354 g/mol. The number of hydrogen-bond acceptors (Lipinski definition) is 6. The molecule has 1 aromatic carbocycles. The van der Waals surface area contributed by atoms with E-state index in [1.165, 1.54) is 0 Å². The molecule has 26 heavy (non-hydrogen) atoms. The first-order chi connectivity index (χ1) is 12.4. The van der Waals surface area contributed by atoms with Gasteiger partial charge in [-0.25, -0.2) is 0 Å². The molecule has 8 nitrogen and oxygen atoms in total. The third-order valence-electron chi connectivity index (χ3n) is 4.34. The number of nitriles is 1. The lowest BCUT2D eigenvalue weighted by atomic mass is 9.99. The zero-order valence-electron chi connectivity index (χ0n) is 14.4. The fourth-order valence-corrected chi connectivity index (χ4v) is 2.94. The number of nitrogens with one attached hydrogen (secondary N) is 2. The number of hydrogen-bond donors (Lipinski definition) is 3. The fourth-order valence-electron chi connectivity index (χ4n) is 2.94. The van der Waals surface area contributed by atoms with E-state index in [0.717, 1.165) is 5.56 Å². The minimum atomic E-state index is -0.413. The van der Waals surface area contributed by atoms with Crippen molar-refractivity contribution in [3.8, 4) is 17.6 Å². The van der Waals surface area contributed by atoms with E-state index in [1.54, 1.807) is 26.0 Å². The fraction of sp³-hybridized carbons (Fsp3) is 0.278. The van der Waals surface area contributed by atoms with Crippen LogP contribution in [0.25, 0.3) is 0 Å². The smallest absolute Gasteiger partial charge is 0.266 e. The molecule has 0 spiro atoms. The lowest BCUT2D eigenvalue weighted by Gasteiger charge is -2.12. The van der Waals surface area contributed by atoms with Crippen molar-refractivity contribution in [2.75, 3.05) is 17.8 Å². The first-order valence-corrected chi connectivity index (χ1v) is 8.02. The van der Waals surface area contributed by atoms with E-state index in [1.807, 2.05) is 6.07 Å². The van der Waals surface area contributed by atoms with Crippen molar-refractivity contribution in [2.45, 2.75) is 26.7 Å². The van der Waals surface area contributed by atoms with Gasteiger partial charge in [0.1, 0.15) is 11.6 Å². The quantitative estimate of drug-likeness (QED) is 0.717. The van der Waals surface area contributed by atoms with Gasteiger partial charge in [-0.05, 0) is 31.4 Å². The molecule has 0 bridgehead atoms. The van der Waals surface area contributed by atoms with Gasteiger partial charge in [-0.1, -0.05) is 0 Å². The molecule has 134 valence electrons. The van der Waals surface area contributed by atoms with Gasteiger partial charge in [-0.3, -0.25) is 9.59 Å². The number of nitrogen functional groups attached to an aromatic ring is 1. The molecule has 0 saturated heterocycles. The Morgan fingerprint density at radius 2 is 2.04 bits per heavy atom. The molecule has 0 unspecified atom stereocenters. The predicted molar refractivity (Wildman–Crippen MR) is 95.2 cm³/mol. The summed E-state index contributed by atoms with van der Waals surface area (Å²) < 4.78 is 10.5. The van der Waals surface area contributed by atoms with Crippen molar-refractivity contribution in [1.82, 2.24) is 4.98 Å². The normalized spacial score (nSPS) is 11.9.